The predicted molar refractivity (Wildman–Crippen MR) is 282 cm³/mol. The Balaban J connectivity index is 1.17. The van der Waals surface area contributed by atoms with Crippen molar-refractivity contribution in [2.24, 2.45) is 0 Å². The molecule has 0 aliphatic carbocycles. The van der Waals surface area contributed by atoms with Crippen LogP contribution in [0, 0.1) is 11.6 Å². The quantitative estimate of drug-likeness (QED) is 0.165. The number of nitrogens with zero attached hydrogens (tertiary/aromatic N) is 4. The van der Waals surface area contributed by atoms with Gasteiger partial charge in [0.25, 0.3) is 0 Å². The van der Waals surface area contributed by atoms with Gasteiger partial charge in [-0.3, -0.25) is 0 Å². The van der Waals surface area contributed by atoms with Gasteiger partial charge in [0.1, 0.15) is 11.6 Å². The minimum atomic E-state index is -0.287. The van der Waals surface area contributed by atoms with E-state index in [-0.39, 0.29) is 22.5 Å². The number of aromatic nitrogens is 2. The molecule has 0 aliphatic rings. The number of benzene rings is 9. The molecule has 0 atom stereocenters. The Labute approximate surface area is 393 Å². The third-order valence-electron chi connectivity index (χ3n) is 14.4. The third kappa shape index (κ3) is 5.70. The average molecular weight is 887 g/mol. The zero-order valence-corrected chi connectivity index (χ0v) is 38.9. The molecular weight excluding hydrogens is 839 g/mol. The number of hydrogen-bond donors (Lipinski definition) is 0. The molecule has 0 bridgehead atoms. The second-order valence-corrected chi connectivity index (χ2v) is 20.5. The van der Waals surface area contributed by atoms with Crippen LogP contribution >= 0.6 is 0 Å². The van der Waals surface area contributed by atoms with Gasteiger partial charge in [0.15, 0.2) is 0 Å². The van der Waals surface area contributed by atoms with Crippen LogP contribution < -0.4 is 9.80 Å². The second-order valence-electron chi connectivity index (χ2n) is 20.5. The van der Waals surface area contributed by atoms with E-state index in [2.05, 4.69) is 157 Å². The summed E-state index contributed by atoms with van der Waals surface area (Å²) in [6.07, 6.45) is 0. The molecule has 330 valence electrons. The Morgan fingerprint density at radius 2 is 0.721 bits per heavy atom. The highest BCUT2D eigenvalue weighted by molar-refractivity contribution is 6.32. The van der Waals surface area contributed by atoms with E-state index in [0.29, 0.717) is 11.4 Å². The van der Waals surface area contributed by atoms with Gasteiger partial charge >= 0.3 is 0 Å². The fourth-order valence-corrected chi connectivity index (χ4v) is 11.1. The monoisotopic (exact) mass is 886 g/mol. The number of anilines is 6. The van der Waals surface area contributed by atoms with Gasteiger partial charge in [0, 0.05) is 54.5 Å². The summed E-state index contributed by atoms with van der Waals surface area (Å²) in [5.41, 5.74) is 13.5. The van der Waals surface area contributed by atoms with Crippen LogP contribution in [0.1, 0.15) is 52.7 Å². The molecule has 0 unspecified atom stereocenters. The molecule has 4 heterocycles. The van der Waals surface area contributed by atoms with Crippen molar-refractivity contribution in [2.45, 2.75) is 52.4 Å². The van der Waals surface area contributed by atoms with Gasteiger partial charge in [-0.25, -0.2) is 8.78 Å². The Kier molecular flexibility index (Phi) is 8.46. The Bertz CT molecular complexity index is 3860. The zero-order chi connectivity index (χ0) is 46.4. The van der Waals surface area contributed by atoms with E-state index >= 15 is 8.78 Å². The largest absolute Gasteiger partial charge is 0.308 e. The van der Waals surface area contributed by atoms with Gasteiger partial charge in [-0.15, -0.1) is 0 Å². The van der Waals surface area contributed by atoms with Crippen molar-refractivity contribution in [3.8, 4) is 0 Å². The highest BCUT2D eigenvalue weighted by Gasteiger charge is 2.30. The van der Waals surface area contributed by atoms with Crippen molar-refractivity contribution >= 4 is 110 Å². The topological polar surface area (TPSA) is 15.3 Å². The fraction of sp³-hybridized carbons (Fsp3) is 0.129. The molecule has 4 nitrogen and oxygen atoms in total. The summed E-state index contributed by atoms with van der Waals surface area (Å²) in [7, 11) is 0. The first-order valence-corrected chi connectivity index (χ1v) is 23.5. The minimum Gasteiger partial charge on any atom is -0.308 e. The van der Waals surface area contributed by atoms with E-state index in [0.717, 1.165) is 98.9 Å². The number of rotatable bonds is 6. The molecule has 0 saturated heterocycles. The molecule has 13 aromatic rings. The number of halogens is 2. The van der Waals surface area contributed by atoms with Crippen molar-refractivity contribution in [2.75, 3.05) is 9.80 Å². The lowest BCUT2D eigenvalue weighted by molar-refractivity contribution is 0.591. The number of hydrogen-bond acceptors (Lipinski definition) is 2. The predicted octanol–water partition coefficient (Wildman–Crippen LogP) is 17.8. The second kappa shape index (κ2) is 14.3. The molecule has 13 rings (SSSR count). The summed E-state index contributed by atoms with van der Waals surface area (Å²) in [6, 6.07) is 61.8. The first kappa shape index (κ1) is 40.3. The van der Waals surface area contributed by atoms with Crippen LogP contribution in [0.3, 0.4) is 0 Å². The summed E-state index contributed by atoms with van der Waals surface area (Å²) >= 11 is 0. The molecule has 6 heteroatoms. The summed E-state index contributed by atoms with van der Waals surface area (Å²) in [5.74, 6) is -0.574. The van der Waals surface area contributed by atoms with Crippen LogP contribution in [-0.4, -0.2) is 8.80 Å². The normalized spacial score (nSPS) is 12.7. The first-order valence-electron chi connectivity index (χ1n) is 23.5. The van der Waals surface area contributed by atoms with Crippen LogP contribution in [0.15, 0.2) is 182 Å². The van der Waals surface area contributed by atoms with Crippen molar-refractivity contribution in [1.82, 2.24) is 8.80 Å². The number of fused-ring (bicyclic) bond motifs is 12. The lowest BCUT2D eigenvalue weighted by atomic mass is 9.86. The van der Waals surface area contributed by atoms with E-state index < -0.39 is 0 Å². The molecule has 4 aromatic heterocycles. The van der Waals surface area contributed by atoms with E-state index in [1.54, 1.807) is 24.3 Å². The molecular formula is C62H48F2N4. The van der Waals surface area contributed by atoms with Crippen molar-refractivity contribution in [3.05, 3.63) is 205 Å². The van der Waals surface area contributed by atoms with Crippen LogP contribution in [0.2, 0.25) is 0 Å². The molecule has 0 amide bonds. The smallest absolute Gasteiger partial charge is 0.147 e. The Hall–Kier alpha value is -7.96. The maximum absolute atomic E-state index is 16.2. The van der Waals surface area contributed by atoms with E-state index in [4.69, 9.17) is 0 Å². The highest BCUT2D eigenvalue weighted by Crippen LogP contribution is 2.52. The first-order chi connectivity index (χ1) is 32.9. The van der Waals surface area contributed by atoms with E-state index in [1.807, 2.05) is 60.7 Å². The van der Waals surface area contributed by atoms with Gasteiger partial charge in [0.2, 0.25) is 0 Å². The fourth-order valence-electron chi connectivity index (χ4n) is 11.1. The summed E-state index contributed by atoms with van der Waals surface area (Å²) in [5, 5.41) is 8.95. The van der Waals surface area contributed by atoms with Crippen LogP contribution in [-0.2, 0) is 10.8 Å². The molecule has 0 fully saturated rings. The lowest BCUT2D eigenvalue weighted by Crippen LogP contribution is -2.12. The Morgan fingerprint density at radius 1 is 0.338 bits per heavy atom. The van der Waals surface area contributed by atoms with Gasteiger partial charge in [-0.05, 0) is 119 Å². The molecule has 68 heavy (non-hydrogen) atoms. The van der Waals surface area contributed by atoms with Crippen molar-refractivity contribution in [1.29, 1.82) is 0 Å². The van der Waals surface area contributed by atoms with Gasteiger partial charge in [-0.2, -0.15) is 0 Å². The van der Waals surface area contributed by atoms with E-state index in [9.17, 15) is 0 Å². The molecule has 0 spiro atoms. The van der Waals surface area contributed by atoms with Crippen LogP contribution in [0.25, 0.3) is 76.2 Å². The summed E-state index contributed by atoms with van der Waals surface area (Å²) < 4.78 is 37.2. The summed E-state index contributed by atoms with van der Waals surface area (Å²) in [4.78, 5) is 4.15. The zero-order valence-electron chi connectivity index (χ0n) is 38.9. The molecule has 0 saturated carbocycles. The molecule has 0 N–H and O–H groups in total. The third-order valence-corrected chi connectivity index (χ3v) is 14.4. The molecule has 0 radical (unpaired) electrons. The standard InChI is InChI=1S/C62H48F2N4/c1-61(2,3)37-25-29-49-45(33-37)57-53(65(39-17-9-7-10-18-39)51-23-15-13-21-47(51)63)31-27-41-43-36-56-44(35-55(43)67(49)59(41)57)42-28-32-54(66(40-19-11-8-12-20-40)52-24-16-14-22-48(52)64)58-46-34-38(62(4,5)6)26-30-50(46)68(56)60(42)58/h7-36H,1-6H3. The SMILES string of the molecule is CC(C)(C)c1ccc2c(c1)c1c(N(c3ccccc3)c3ccccc3F)ccc3c4cc5c(cc4n2c31)c1ccc(N(c2ccccc2)c2ccccc2F)c2c3cc(C(C)(C)C)ccc3n5c12. The summed E-state index contributed by atoms with van der Waals surface area (Å²) in [6.45, 7) is 13.5. The maximum Gasteiger partial charge on any atom is 0.147 e. The maximum atomic E-state index is 16.2. The van der Waals surface area contributed by atoms with Crippen molar-refractivity contribution < 1.29 is 8.78 Å². The van der Waals surface area contributed by atoms with Gasteiger partial charge in [0.05, 0.1) is 55.8 Å². The molecule has 9 aromatic carbocycles. The van der Waals surface area contributed by atoms with Crippen LogP contribution in [0.5, 0.6) is 0 Å². The van der Waals surface area contributed by atoms with Crippen LogP contribution in [0.4, 0.5) is 42.9 Å². The van der Waals surface area contributed by atoms with E-state index in [1.165, 1.54) is 11.1 Å². The highest BCUT2D eigenvalue weighted by atomic mass is 19.1. The van der Waals surface area contributed by atoms with Gasteiger partial charge < -0.3 is 18.6 Å². The number of para-hydroxylation sites is 4. The molecule has 0 aliphatic heterocycles. The van der Waals surface area contributed by atoms with Crippen molar-refractivity contribution in [3.63, 3.8) is 0 Å². The minimum absolute atomic E-state index is 0.0995. The Morgan fingerprint density at radius 3 is 1.10 bits per heavy atom. The lowest BCUT2D eigenvalue weighted by Gasteiger charge is -2.27. The van der Waals surface area contributed by atoms with Gasteiger partial charge in [-0.1, -0.05) is 126 Å². The average Bonchev–Trinajstić information content (AvgIpc) is 4.06.